The second kappa shape index (κ2) is 5.19. The Balaban J connectivity index is 1.77. The number of benzene rings is 1. The average molecular weight is 235 g/mol. The summed E-state index contributed by atoms with van der Waals surface area (Å²) < 4.78 is 5.42. The lowest BCUT2D eigenvalue weighted by Gasteiger charge is -2.38. The van der Waals surface area contributed by atoms with E-state index in [1.165, 1.54) is 0 Å². The maximum atomic E-state index is 11.7. The molecule has 0 spiro atoms. The van der Waals surface area contributed by atoms with E-state index in [2.05, 4.69) is 0 Å². The summed E-state index contributed by atoms with van der Waals surface area (Å²) in [5.74, 6) is 0.951. The van der Waals surface area contributed by atoms with E-state index in [1.807, 2.05) is 31.2 Å². The number of likely N-dealkylation sites (tertiary alicyclic amines) is 1. The zero-order valence-electron chi connectivity index (χ0n) is 9.93. The van der Waals surface area contributed by atoms with Crippen LogP contribution in [0.2, 0.25) is 0 Å². The van der Waals surface area contributed by atoms with Crippen LogP contribution in [0, 0.1) is 12.8 Å². The molecule has 1 fully saturated rings. The van der Waals surface area contributed by atoms with Crippen molar-refractivity contribution in [3.05, 3.63) is 29.8 Å². The van der Waals surface area contributed by atoms with Crippen molar-refractivity contribution in [2.45, 2.75) is 6.92 Å². The SMILES string of the molecule is Cc1cccc(OCC(=O)N2CC(CO)C2)c1. The van der Waals surface area contributed by atoms with Crippen molar-refractivity contribution in [1.82, 2.24) is 4.90 Å². The average Bonchev–Trinajstić information content (AvgIpc) is 2.25. The number of nitrogens with zero attached hydrogens (tertiary/aromatic N) is 1. The van der Waals surface area contributed by atoms with Gasteiger partial charge in [0, 0.05) is 25.6 Å². The Kier molecular flexibility index (Phi) is 3.64. The molecule has 0 unspecified atom stereocenters. The molecule has 1 aliphatic heterocycles. The molecule has 17 heavy (non-hydrogen) atoms. The molecule has 0 atom stereocenters. The molecule has 0 aromatic heterocycles. The van der Waals surface area contributed by atoms with E-state index in [4.69, 9.17) is 9.84 Å². The van der Waals surface area contributed by atoms with E-state index in [0.29, 0.717) is 13.1 Å². The van der Waals surface area contributed by atoms with Gasteiger partial charge in [0.05, 0.1) is 0 Å². The fraction of sp³-hybridized carbons (Fsp3) is 0.462. The molecule has 92 valence electrons. The Morgan fingerprint density at radius 2 is 2.29 bits per heavy atom. The number of carbonyl (C=O) groups excluding carboxylic acids is 1. The van der Waals surface area contributed by atoms with E-state index in [-0.39, 0.29) is 25.0 Å². The van der Waals surface area contributed by atoms with Crippen LogP contribution < -0.4 is 4.74 Å². The monoisotopic (exact) mass is 235 g/mol. The quantitative estimate of drug-likeness (QED) is 0.840. The second-order valence-electron chi connectivity index (χ2n) is 4.45. The molecule has 1 saturated heterocycles. The molecule has 0 radical (unpaired) electrons. The van der Waals surface area contributed by atoms with Crippen LogP contribution in [-0.4, -0.2) is 42.2 Å². The topological polar surface area (TPSA) is 49.8 Å². The number of rotatable bonds is 4. The predicted octanol–water partition coefficient (Wildman–Crippen LogP) is 0.825. The zero-order valence-corrected chi connectivity index (χ0v) is 9.93. The molecule has 4 heteroatoms. The predicted molar refractivity (Wildman–Crippen MR) is 63.8 cm³/mol. The summed E-state index contributed by atoms with van der Waals surface area (Å²) in [7, 11) is 0. The molecule has 0 bridgehead atoms. The summed E-state index contributed by atoms with van der Waals surface area (Å²) in [5, 5.41) is 8.85. The van der Waals surface area contributed by atoms with Gasteiger partial charge in [-0.15, -0.1) is 0 Å². The maximum absolute atomic E-state index is 11.7. The first kappa shape index (κ1) is 11.9. The Hall–Kier alpha value is -1.55. The number of ether oxygens (including phenoxy) is 1. The third-order valence-corrected chi connectivity index (χ3v) is 2.92. The number of amides is 1. The highest BCUT2D eigenvalue weighted by Gasteiger charge is 2.29. The zero-order chi connectivity index (χ0) is 12.3. The van der Waals surface area contributed by atoms with Crippen LogP contribution in [0.3, 0.4) is 0 Å². The van der Waals surface area contributed by atoms with Crippen molar-refractivity contribution in [1.29, 1.82) is 0 Å². The van der Waals surface area contributed by atoms with Crippen LogP contribution in [-0.2, 0) is 4.79 Å². The van der Waals surface area contributed by atoms with Gasteiger partial charge < -0.3 is 14.7 Å². The number of hydrogen-bond donors (Lipinski definition) is 1. The van der Waals surface area contributed by atoms with Gasteiger partial charge in [0.2, 0.25) is 0 Å². The molecule has 0 aliphatic carbocycles. The highest BCUT2D eigenvalue weighted by atomic mass is 16.5. The minimum Gasteiger partial charge on any atom is -0.484 e. The Morgan fingerprint density at radius 1 is 1.53 bits per heavy atom. The molecule has 1 N–H and O–H groups in total. The number of aliphatic hydroxyl groups is 1. The largest absolute Gasteiger partial charge is 0.484 e. The summed E-state index contributed by atoms with van der Waals surface area (Å²) in [6.45, 7) is 3.50. The summed E-state index contributed by atoms with van der Waals surface area (Å²) in [4.78, 5) is 13.4. The maximum Gasteiger partial charge on any atom is 0.260 e. The summed E-state index contributed by atoms with van der Waals surface area (Å²) in [5.41, 5.74) is 1.11. The van der Waals surface area contributed by atoms with Gasteiger partial charge in [-0.25, -0.2) is 0 Å². The fourth-order valence-electron chi connectivity index (χ4n) is 1.83. The van der Waals surface area contributed by atoms with Crippen molar-refractivity contribution in [2.75, 3.05) is 26.3 Å². The van der Waals surface area contributed by atoms with E-state index in [0.717, 1.165) is 11.3 Å². The van der Waals surface area contributed by atoms with Crippen LogP contribution in [0.25, 0.3) is 0 Å². The standard InChI is InChI=1S/C13H17NO3/c1-10-3-2-4-12(5-10)17-9-13(16)14-6-11(7-14)8-15/h2-5,11,15H,6-9H2,1H3. The molecule has 1 amide bonds. The Bertz CT molecular complexity index is 399. The van der Waals surface area contributed by atoms with Gasteiger partial charge in [-0.1, -0.05) is 12.1 Å². The smallest absolute Gasteiger partial charge is 0.260 e. The normalized spacial score (nSPS) is 15.5. The number of aliphatic hydroxyl groups excluding tert-OH is 1. The third-order valence-electron chi connectivity index (χ3n) is 2.92. The third kappa shape index (κ3) is 2.97. The first-order chi connectivity index (χ1) is 8.19. The molecule has 1 aromatic carbocycles. The first-order valence-corrected chi connectivity index (χ1v) is 5.77. The van der Waals surface area contributed by atoms with Crippen molar-refractivity contribution in [3.8, 4) is 5.75 Å². The molecule has 0 saturated carbocycles. The van der Waals surface area contributed by atoms with Crippen molar-refractivity contribution >= 4 is 5.91 Å². The molecule has 1 aliphatic rings. The van der Waals surface area contributed by atoms with E-state index < -0.39 is 0 Å². The van der Waals surface area contributed by atoms with Crippen LogP contribution in [0.15, 0.2) is 24.3 Å². The molecular formula is C13H17NO3. The Labute approximate surface area is 101 Å². The number of carbonyl (C=O) groups is 1. The van der Waals surface area contributed by atoms with Crippen LogP contribution in [0.5, 0.6) is 5.75 Å². The van der Waals surface area contributed by atoms with Crippen molar-refractivity contribution in [3.63, 3.8) is 0 Å². The minimum absolute atomic E-state index is 0.0174. The van der Waals surface area contributed by atoms with Gasteiger partial charge in [-0.3, -0.25) is 4.79 Å². The molecule has 4 nitrogen and oxygen atoms in total. The first-order valence-electron chi connectivity index (χ1n) is 5.77. The van der Waals surface area contributed by atoms with Gasteiger partial charge in [0.25, 0.3) is 5.91 Å². The highest BCUT2D eigenvalue weighted by Crippen LogP contribution is 2.16. The molecular weight excluding hydrogens is 218 g/mol. The lowest BCUT2D eigenvalue weighted by molar-refractivity contribution is -0.140. The lowest BCUT2D eigenvalue weighted by atomic mass is 10.0. The van der Waals surface area contributed by atoms with Gasteiger partial charge in [-0.05, 0) is 24.6 Å². The van der Waals surface area contributed by atoms with Crippen LogP contribution in [0.4, 0.5) is 0 Å². The summed E-state index contributed by atoms with van der Waals surface area (Å²) in [6, 6.07) is 7.63. The summed E-state index contributed by atoms with van der Waals surface area (Å²) >= 11 is 0. The van der Waals surface area contributed by atoms with E-state index in [9.17, 15) is 4.79 Å². The molecule has 2 rings (SSSR count). The minimum atomic E-state index is -0.0174. The van der Waals surface area contributed by atoms with Gasteiger partial charge in [0.15, 0.2) is 6.61 Å². The molecule has 1 heterocycles. The van der Waals surface area contributed by atoms with Crippen LogP contribution >= 0.6 is 0 Å². The van der Waals surface area contributed by atoms with E-state index in [1.54, 1.807) is 4.90 Å². The number of hydrogen-bond acceptors (Lipinski definition) is 3. The Morgan fingerprint density at radius 3 is 2.94 bits per heavy atom. The lowest BCUT2D eigenvalue weighted by Crippen LogP contribution is -2.52. The van der Waals surface area contributed by atoms with Gasteiger partial charge >= 0.3 is 0 Å². The van der Waals surface area contributed by atoms with Crippen LogP contribution in [0.1, 0.15) is 5.56 Å². The van der Waals surface area contributed by atoms with Gasteiger partial charge in [0.1, 0.15) is 5.75 Å². The van der Waals surface area contributed by atoms with Crippen molar-refractivity contribution < 1.29 is 14.6 Å². The van der Waals surface area contributed by atoms with Crippen molar-refractivity contribution in [2.24, 2.45) is 5.92 Å². The fourth-order valence-corrected chi connectivity index (χ4v) is 1.83. The summed E-state index contributed by atoms with van der Waals surface area (Å²) in [6.07, 6.45) is 0. The molecule has 1 aromatic rings. The van der Waals surface area contributed by atoms with Gasteiger partial charge in [-0.2, -0.15) is 0 Å². The number of aryl methyl sites for hydroxylation is 1. The second-order valence-corrected chi connectivity index (χ2v) is 4.45. The van der Waals surface area contributed by atoms with E-state index >= 15 is 0 Å². The highest BCUT2D eigenvalue weighted by molar-refractivity contribution is 5.78.